The smallest absolute Gasteiger partial charge is 0.289 e. The Kier molecular flexibility index (Phi) is 3.55. The van der Waals surface area contributed by atoms with E-state index >= 15 is 0 Å². The molecule has 80 valence electrons. The van der Waals surface area contributed by atoms with Crippen molar-refractivity contribution >= 4 is 34.9 Å². The molecular formula is C9H7Cl2NO3. The summed E-state index contributed by atoms with van der Waals surface area (Å²) in [5.74, 6) is -1.65. The fourth-order valence-corrected chi connectivity index (χ4v) is 1.47. The van der Waals surface area contributed by atoms with Crippen molar-refractivity contribution in [3.8, 4) is 5.75 Å². The fourth-order valence-electron chi connectivity index (χ4n) is 0.992. The lowest BCUT2D eigenvalue weighted by Crippen LogP contribution is -2.23. The predicted octanol–water partition coefficient (Wildman–Crippen LogP) is 1.67. The van der Waals surface area contributed by atoms with Crippen LogP contribution in [-0.4, -0.2) is 18.8 Å². The van der Waals surface area contributed by atoms with Crippen molar-refractivity contribution < 1.29 is 14.3 Å². The molecule has 0 unspecified atom stereocenters. The highest BCUT2D eigenvalue weighted by Gasteiger charge is 2.18. The van der Waals surface area contributed by atoms with E-state index in [-0.39, 0.29) is 15.6 Å². The minimum absolute atomic E-state index is 0.0324. The maximum Gasteiger partial charge on any atom is 0.289 e. The maximum absolute atomic E-state index is 11.3. The van der Waals surface area contributed by atoms with Gasteiger partial charge in [0.05, 0.1) is 17.2 Å². The SMILES string of the molecule is COc1cc(Cl)c(C(=O)C(N)=O)cc1Cl. The molecule has 0 aliphatic heterocycles. The van der Waals surface area contributed by atoms with Crippen LogP contribution in [0.15, 0.2) is 12.1 Å². The summed E-state index contributed by atoms with van der Waals surface area (Å²) >= 11 is 11.5. The van der Waals surface area contributed by atoms with Crippen LogP contribution in [0, 0.1) is 0 Å². The number of ether oxygens (including phenoxy) is 1. The molecule has 0 saturated heterocycles. The third kappa shape index (κ3) is 2.40. The Hall–Kier alpha value is -1.26. The molecule has 0 atom stereocenters. The number of ketones is 1. The molecular weight excluding hydrogens is 241 g/mol. The molecule has 0 aromatic heterocycles. The van der Waals surface area contributed by atoms with Crippen molar-refractivity contribution in [2.75, 3.05) is 7.11 Å². The van der Waals surface area contributed by atoms with E-state index in [1.165, 1.54) is 19.2 Å². The Labute approximate surface area is 95.9 Å². The van der Waals surface area contributed by atoms with Gasteiger partial charge in [-0.05, 0) is 6.07 Å². The Morgan fingerprint density at radius 2 is 1.87 bits per heavy atom. The van der Waals surface area contributed by atoms with Gasteiger partial charge in [-0.25, -0.2) is 0 Å². The molecule has 6 heteroatoms. The lowest BCUT2D eigenvalue weighted by molar-refractivity contribution is -0.114. The van der Waals surface area contributed by atoms with E-state index < -0.39 is 11.7 Å². The Morgan fingerprint density at radius 1 is 1.27 bits per heavy atom. The highest BCUT2D eigenvalue weighted by molar-refractivity contribution is 6.47. The summed E-state index contributed by atoms with van der Waals surface area (Å²) in [5.41, 5.74) is 4.80. The minimum atomic E-state index is -1.09. The monoisotopic (exact) mass is 247 g/mol. The highest BCUT2D eigenvalue weighted by atomic mass is 35.5. The molecule has 0 spiro atoms. The van der Waals surface area contributed by atoms with Gasteiger partial charge in [0, 0.05) is 11.6 Å². The van der Waals surface area contributed by atoms with E-state index in [1.807, 2.05) is 0 Å². The number of hydrogen-bond donors (Lipinski definition) is 1. The van der Waals surface area contributed by atoms with Gasteiger partial charge in [-0.2, -0.15) is 0 Å². The van der Waals surface area contributed by atoms with Crippen molar-refractivity contribution in [1.82, 2.24) is 0 Å². The average Bonchev–Trinajstić information content (AvgIpc) is 2.19. The van der Waals surface area contributed by atoms with Crippen LogP contribution < -0.4 is 10.5 Å². The van der Waals surface area contributed by atoms with Crippen molar-refractivity contribution in [2.24, 2.45) is 5.73 Å². The van der Waals surface area contributed by atoms with Gasteiger partial charge < -0.3 is 10.5 Å². The summed E-state index contributed by atoms with van der Waals surface area (Å²) in [7, 11) is 1.41. The molecule has 1 amide bonds. The second-order valence-corrected chi connectivity index (χ2v) is 3.47. The summed E-state index contributed by atoms with van der Waals surface area (Å²) in [5, 5.41) is 0.256. The predicted molar refractivity (Wildman–Crippen MR) is 56.5 cm³/mol. The summed E-state index contributed by atoms with van der Waals surface area (Å²) < 4.78 is 4.88. The minimum Gasteiger partial charge on any atom is -0.495 e. The first-order valence-electron chi connectivity index (χ1n) is 3.84. The van der Waals surface area contributed by atoms with Crippen molar-refractivity contribution in [2.45, 2.75) is 0 Å². The van der Waals surface area contributed by atoms with E-state index in [9.17, 15) is 9.59 Å². The lowest BCUT2D eigenvalue weighted by Gasteiger charge is -2.06. The second-order valence-electron chi connectivity index (χ2n) is 2.66. The molecule has 1 aromatic carbocycles. The molecule has 0 saturated carbocycles. The van der Waals surface area contributed by atoms with Gasteiger partial charge in [0.15, 0.2) is 0 Å². The first kappa shape index (κ1) is 11.8. The zero-order chi connectivity index (χ0) is 11.6. The second kappa shape index (κ2) is 4.51. The maximum atomic E-state index is 11.3. The number of benzene rings is 1. The molecule has 0 heterocycles. The topological polar surface area (TPSA) is 69.4 Å². The van der Waals surface area contributed by atoms with Gasteiger partial charge >= 0.3 is 0 Å². The average molecular weight is 248 g/mol. The third-order valence-corrected chi connectivity index (χ3v) is 2.32. The number of rotatable bonds is 3. The summed E-state index contributed by atoms with van der Waals surface area (Å²) in [6.07, 6.45) is 0. The van der Waals surface area contributed by atoms with Gasteiger partial charge in [-0.3, -0.25) is 9.59 Å². The normalized spacial score (nSPS) is 9.80. The van der Waals surface area contributed by atoms with Crippen LogP contribution in [0.2, 0.25) is 10.0 Å². The summed E-state index contributed by atoms with van der Waals surface area (Å²) in [4.78, 5) is 21.9. The number of halogens is 2. The highest BCUT2D eigenvalue weighted by Crippen LogP contribution is 2.30. The van der Waals surface area contributed by atoms with Gasteiger partial charge in [0.1, 0.15) is 5.75 Å². The first-order valence-corrected chi connectivity index (χ1v) is 4.60. The van der Waals surface area contributed by atoms with Crippen LogP contribution >= 0.6 is 23.2 Å². The Bertz CT molecular complexity index is 432. The molecule has 15 heavy (non-hydrogen) atoms. The van der Waals surface area contributed by atoms with Gasteiger partial charge in [-0.15, -0.1) is 0 Å². The largest absolute Gasteiger partial charge is 0.495 e. The number of hydrogen-bond acceptors (Lipinski definition) is 3. The van der Waals surface area contributed by atoms with Crippen LogP contribution in [0.25, 0.3) is 0 Å². The molecule has 0 aliphatic rings. The van der Waals surface area contributed by atoms with Gasteiger partial charge in [0.25, 0.3) is 11.7 Å². The Balaban J connectivity index is 3.28. The third-order valence-electron chi connectivity index (χ3n) is 1.71. The summed E-state index contributed by atoms with van der Waals surface area (Å²) in [6.45, 7) is 0. The summed E-state index contributed by atoms with van der Waals surface area (Å²) in [6, 6.07) is 2.59. The van der Waals surface area contributed by atoms with Crippen LogP contribution in [0.5, 0.6) is 5.75 Å². The quantitative estimate of drug-likeness (QED) is 0.653. The number of primary amides is 1. The van der Waals surface area contributed by atoms with Crippen LogP contribution in [-0.2, 0) is 4.79 Å². The van der Waals surface area contributed by atoms with Crippen LogP contribution in [0.4, 0.5) is 0 Å². The first-order chi connectivity index (χ1) is 6.97. The number of methoxy groups -OCH3 is 1. The van der Waals surface area contributed by atoms with E-state index in [0.717, 1.165) is 0 Å². The van der Waals surface area contributed by atoms with Crippen molar-refractivity contribution in [1.29, 1.82) is 0 Å². The Morgan fingerprint density at radius 3 is 2.33 bits per heavy atom. The molecule has 2 N–H and O–H groups in total. The van der Waals surface area contributed by atoms with E-state index in [2.05, 4.69) is 0 Å². The molecule has 0 radical (unpaired) electrons. The van der Waals surface area contributed by atoms with Crippen LogP contribution in [0.1, 0.15) is 10.4 Å². The number of amides is 1. The number of Topliss-reactive ketones (excluding diaryl/α,β-unsaturated/α-hetero) is 1. The lowest BCUT2D eigenvalue weighted by atomic mass is 10.1. The van der Waals surface area contributed by atoms with E-state index in [0.29, 0.717) is 5.75 Å². The molecule has 0 aliphatic carbocycles. The molecule has 1 aromatic rings. The standard InChI is InChI=1S/C9H7Cl2NO3/c1-15-7-3-5(10)4(2-6(7)11)8(13)9(12)14/h2-3H,1H3,(H2,12,14). The van der Waals surface area contributed by atoms with E-state index in [1.54, 1.807) is 0 Å². The van der Waals surface area contributed by atoms with Gasteiger partial charge in [-0.1, -0.05) is 23.2 Å². The van der Waals surface area contributed by atoms with E-state index in [4.69, 9.17) is 33.7 Å². The number of carbonyl (C=O) groups is 2. The van der Waals surface area contributed by atoms with Crippen LogP contribution in [0.3, 0.4) is 0 Å². The fraction of sp³-hybridized carbons (Fsp3) is 0.111. The molecule has 4 nitrogen and oxygen atoms in total. The van der Waals surface area contributed by atoms with Crippen molar-refractivity contribution in [3.63, 3.8) is 0 Å². The number of carbonyl (C=O) groups excluding carboxylic acids is 2. The number of nitrogens with two attached hydrogens (primary N) is 1. The van der Waals surface area contributed by atoms with Crippen molar-refractivity contribution in [3.05, 3.63) is 27.7 Å². The van der Waals surface area contributed by atoms with Gasteiger partial charge in [0.2, 0.25) is 0 Å². The zero-order valence-electron chi connectivity index (χ0n) is 7.71. The molecule has 1 rings (SSSR count). The molecule has 0 fully saturated rings. The molecule has 0 bridgehead atoms. The zero-order valence-corrected chi connectivity index (χ0v) is 9.22.